The Balaban J connectivity index is 1.69. The summed E-state index contributed by atoms with van der Waals surface area (Å²) in [4.78, 5) is 17.4. The van der Waals surface area contributed by atoms with E-state index >= 15 is 0 Å². The summed E-state index contributed by atoms with van der Waals surface area (Å²) in [5, 5.41) is 5.04. The first-order valence-corrected chi connectivity index (χ1v) is 11.2. The van der Waals surface area contributed by atoms with Crippen LogP contribution in [0.3, 0.4) is 0 Å². The van der Waals surface area contributed by atoms with Crippen molar-refractivity contribution in [2.24, 2.45) is 5.16 Å². The van der Waals surface area contributed by atoms with Crippen LogP contribution >= 0.6 is 23.2 Å². The van der Waals surface area contributed by atoms with E-state index in [-0.39, 0.29) is 6.61 Å². The summed E-state index contributed by atoms with van der Waals surface area (Å²) < 4.78 is 11.7. The molecule has 0 aromatic heterocycles. The molecule has 4 rings (SSSR count). The maximum Gasteiger partial charge on any atom is 0.368 e. The van der Waals surface area contributed by atoms with Crippen molar-refractivity contribution in [3.63, 3.8) is 0 Å². The average Bonchev–Trinajstić information content (AvgIpc) is 3.19. The highest BCUT2D eigenvalue weighted by Crippen LogP contribution is 2.36. The van der Waals surface area contributed by atoms with Crippen LogP contribution in [-0.4, -0.2) is 18.8 Å². The summed E-state index contributed by atoms with van der Waals surface area (Å²) in [5.41, 5.74) is 4.00. The number of halogens is 2. The van der Waals surface area contributed by atoms with Gasteiger partial charge in [0.1, 0.15) is 12.3 Å². The Labute approximate surface area is 207 Å². The molecule has 3 aromatic rings. The van der Waals surface area contributed by atoms with E-state index in [2.05, 4.69) is 11.7 Å². The number of hydrogen-bond donors (Lipinski definition) is 0. The Hall–Kier alpha value is -3.54. The number of rotatable bonds is 8. The number of methoxy groups -OCH3 is 1. The number of oxime groups is 1. The van der Waals surface area contributed by atoms with E-state index in [1.807, 2.05) is 42.5 Å². The molecule has 0 atom stereocenters. The summed E-state index contributed by atoms with van der Waals surface area (Å²) in [6, 6.07) is 18.4. The molecule has 1 aliphatic heterocycles. The van der Waals surface area contributed by atoms with Gasteiger partial charge in [-0.05, 0) is 42.3 Å². The maximum atomic E-state index is 12.4. The summed E-state index contributed by atoms with van der Waals surface area (Å²) in [6.45, 7) is 4.08. The van der Waals surface area contributed by atoms with Crippen molar-refractivity contribution in [3.05, 3.63) is 111 Å². The molecule has 0 amide bonds. The third-order valence-electron chi connectivity index (χ3n) is 5.18. The quantitative estimate of drug-likeness (QED) is 0.200. The first-order chi connectivity index (χ1) is 16.5. The molecule has 0 saturated carbocycles. The zero-order valence-corrected chi connectivity index (χ0v) is 19.9. The number of allylic oxidation sites excluding steroid dienone is 1. The molecule has 34 heavy (non-hydrogen) atoms. The van der Waals surface area contributed by atoms with Crippen molar-refractivity contribution >= 4 is 41.0 Å². The van der Waals surface area contributed by atoms with Crippen molar-refractivity contribution in [1.82, 2.24) is 0 Å². The summed E-state index contributed by atoms with van der Waals surface area (Å²) in [7, 11) is 1.56. The second kappa shape index (κ2) is 10.6. The molecule has 5 nitrogen and oxygen atoms in total. The fourth-order valence-corrected chi connectivity index (χ4v) is 4.02. The van der Waals surface area contributed by atoms with Crippen molar-refractivity contribution in [3.8, 4) is 11.5 Å². The zero-order valence-electron chi connectivity index (χ0n) is 18.4. The highest BCUT2D eigenvalue weighted by atomic mass is 35.5. The first kappa shape index (κ1) is 23.6. The largest absolute Gasteiger partial charge is 0.493 e. The number of benzene rings is 3. The fourth-order valence-electron chi connectivity index (χ4n) is 3.56. The molecule has 1 aliphatic rings. The predicted octanol–water partition coefficient (Wildman–Crippen LogP) is 6.65. The van der Waals surface area contributed by atoms with E-state index in [4.69, 9.17) is 37.5 Å². The second-order valence-corrected chi connectivity index (χ2v) is 8.31. The van der Waals surface area contributed by atoms with Gasteiger partial charge in [-0.3, -0.25) is 0 Å². The van der Waals surface area contributed by atoms with Gasteiger partial charge in [0.2, 0.25) is 0 Å². The third-order valence-corrected chi connectivity index (χ3v) is 5.77. The summed E-state index contributed by atoms with van der Waals surface area (Å²) in [6.07, 6.45) is 4.03. The lowest BCUT2D eigenvalue weighted by atomic mass is 9.99. The molecular weight excluding hydrogens is 473 g/mol. The Morgan fingerprint density at radius 3 is 2.56 bits per heavy atom. The molecule has 0 fully saturated rings. The molecule has 3 aromatic carbocycles. The van der Waals surface area contributed by atoms with Crippen LogP contribution in [0.1, 0.15) is 22.3 Å². The van der Waals surface area contributed by atoms with Gasteiger partial charge in [-0.1, -0.05) is 70.8 Å². The molecule has 7 heteroatoms. The molecule has 0 aliphatic carbocycles. The van der Waals surface area contributed by atoms with Gasteiger partial charge in [-0.25, -0.2) is 4.79 Å². The van der Waals surface area contributed by atoms with Gasteiger partial charge in [0.05, 0.1) is 12.7 Å². The van der Waals surface area contributed by atoms with Gasteiger partial charge in [-0.15, -0.1) is 6.58 Å². The fraction of sp³-hybridized carbons (Fsp3) is 0.111. The minimum absolute atomic E-state index is 0.230. The minimum atomic E-state index is -0.513. The molecule has 0 bridgehead atoms. The Morgan fingerprint density at radius 1 is 1.06 bits per heavy atom. The Kier molecular flexibility index (Phi) is 7.36. The van der Waals surface area contributed by atoms with Gasteiger partial charge in [0.15, 0.2) is 11.5 Å². The highest BCUT2D eigenvalue weighted by molar-refractivity contribution is 6.35. The van der Waals surface area contributed by atoms with E-state index in [0.29, 0.717) is 39.2 Å². The first-order valence-electron chi connectivity index (χ1n) is 10.5. The lowest BCUT2D eigenvalue weighted by molar-refractivity contribution is -0.136. The molecule has 1 heterocycles. The highest BCUT2D eigenvalue weighted by Gasteiger charge is 2.27. The summed E-state index contributed by atoms with van der Waals surface area (Å²) in [5.74, 6) is 0.572. The number of hydrogen-bond acceptors (Lipinski definition) is 5. The van der Waals surface area contributed by atoms with Crippen molar-refractivity contribution < 1.29 is 19.1 Å². The average molecular weight is 494 g/mol. The van der Waals surface area contributed by atoms with Crippen LogP contribution in [0.15, 0.2) is 84.0 Å². The predicted molar refractivity (Wildman–Crippen MR) is 135 cm³/mol. The molecule has 0 unspecified atom stereocenters. The molecular formula is C27H21Cl2NO4. The molecule has 0 spiro atoms. The normalized spacial score (nSPS) is 14.0. The smallest absolute Gasteiger partial charge is 0.368 e. The van der Waals surface area contributed by atoms with E-state index in [9.17, 15) is 4.79 Å². The molecule has 0 N–H and O–H groups in total. The van der Waals surface area contributed by atoms with Gasteiger partial charge < -0.3 is 14.3 Å². The van der Waals surface area contributed by atoms with Crippen molar-refractivity contribution in [2.45, 2.75) is 13.0 Å². The molecule has 0 radical (unpaired) electrons. The monoisotopic (exact) mass is 493 g/mol. The lowest BCUT2D eigenvalue weighted by Gasteiger charge is -2.16. The number of ether oxygens (including phenoxy) is 2. The van der Waals surface area contributed by atoms with Crippen LogP contribution in [-0.2, 0) is 22.7 Å². The van der Waals surface area contributed by atoms with Crippen LogP contribution < -0.4 is 9.47 Å². The molecule has 0 saturated heterocycles. The molecule has 172 valence electrons. The van der Waals surface area contributed by atoms with Crippen molar-refractivity contribution in [2.75, 3.05) is 7.11 Å². The maximum absolute atomic E-state index is 12.4. The van der Waals surface area contributed by atoms with E-state index in [1.165, 1.54) is 0 Å². The van der Waals surface area contributed by atoms with Gasteiger partial charge in [0, 0.05) is 26.7 Å². The van der Waals surface area contributed by atoms with Crippen LogP contribution in [0.4, 0.5) is 0 Å². The van der Waals surface area contributed by atoms with Crippen LogP contribution in [0.2, 0.25) is 10.0 Å². The number of nitrogens with zero attached hydrogens (tertiary/aromatic N) is 1. The third kappa shape index (κ3) is 5.16. The van der Waals surface area contributed by atoms with Gasteiger partial charge >= 0.3 is 5.97 Å². The van der Waals surface area contributed by atoms with Gasteiger partial charge in [-0.2, -0.15) is 0 Å². The standard InChI is InChI=1S/C27H21Cl2NO4/c1-3-7-19-12-17(13-22-25(30-34-27(22)31)18-8-5-4-6-9-18)14-24(32-2)26(19)33-16-20-10-11-21(28)15-23(20)29/h3-6,8-15H,1,7,16H2,2H3/b22-13-. The van der Waals surface area contributed by atoms with E-state index in [1.54, 1.807) is 37.5 Å². The zero-order chi connectivity index (χ0) is 24.1. The van der Waals surface area contributed by atoms with Crippen LogP contribution in [0.5, 0.6) is 11.5 Å². The Bertz CT molecular complexity index is 1300. The summed E-state index contributed by atoms with van der Waals surface area (Å²) >= 11 is 12.3. The SMILES string of the molecule is C=CCc1cc(/C=C2\C(=O)ON=C2c2ccccc2)cc(OC)c1OCc1ccc(Cl)cc1Cl. The Morgan fingerprint density at radius 2 is 1.85 bits per heavy atom. The van der Waals surface area contributed by atoms with Gasteiger partial charge in [0.25, 0.3) is 0 Å². The second-order valence-electron chi connectivity index (χ2n) is 7.47. The van der Waals surface area contributed by atoms with Crippen molar-refractivity contribution in [1.29, 1.82) is 0 Å². The topological polar surface area (TPSA) is 57.1 Å². The van der Waals surface area contributed by atoms with Crippen LogP contribution in [0.25, 0.3) is 6.08 Å². The number of carbonyl (C=O) groups excluding carboxylic acids is 1. The lowest BCUT2D eigenvalue weighted by Crippen LogP contribution is -2.07. The minimum Gasteiger partial charge on any atom is -0.493 e. The van der Waals surface area contributed by atoms with E-state index in [0.717, 1.165) is 22.3 Å². The number of carbonyl (C=O) groups is 1. The van der Waals surface area contributed by atoms with E-state index < -0.39 is 5.97 Å². The van der Waals surface area contributed by atoms with Crippen LogP contribution in [0, 0.1) is 0 Å².